The predicted molar refractivity (Wildman–Crippen MR) is 152 cm³/mol. The Morgan fingerprint density at radius 3 is 2.07 bits per heavy atom. The quantitative estimate of drug-likeness (QED) is 0.257. The van der Waals surface area contributed by atoms with Crippen molar-refractivity contribution in [3.8, 4) is 11.1 Å². The molecule has 41 heavy (non-hydrogen) atoms. The fraction of sp³-hybridized carbons (Fsp3) is 0.312. The Labute approximate surface area is 238 Å². The van der Waals surface area contributed by atoms with E-state index < -0.39 is 36.4 Å². The topological polar surface area (TPSA) is 131 Å². The monoisotopic (exact) mass is 558 g/mol. The number of carboxylic acids is 1. The molecule has 9 heteroatoms. The van der Waals surface area contributed by atoms with Crippen molar-refractivity contribution in [3.05, 3.63) is 95.6 Å². The molecule has 214 valence electrons. The van der Waals surface area contributed by atoms with Gasteiger partial charge in [-0.1, -0.05) is 78.9 Å². The molecule has 4 rings (SSSR count). The van der Waals surface area contributed by atoms with Crippen molar-refractivity contribution in [2.45, 2.75) is 57.2 Å². The molecular formula is C32H34N2O7. The average molecular weight is 559 g/mol. The number of carbonyl (C=O) groups is 4. The van der Waals surface area contributed by atoms with Crippen LogP contribution >= 0.6 is 0 Å². The van der Waals surface area contributed by atoms with E-state index in [9.17, 15) is 19.2 Å². The minimum absolute atomic E-state index is 0.0204. The summed E-state index contributed by atoms with van der Waals surface area (Å²) in [6.07, 6.45) is -0.450. The van der Waals surface area contributed by atoms with E-state index in [1.54, 1.807) is 6.92 Å². The number of alkyl carbamates (subject to hydrolysis) is 1. The van der Waals surface area contributed by atoms with Crippen LogP contribution in [0.2, 0.25) is 0 Å². The Hall–Kier alpha value is -4.66. The molecule has 1 aliphatic rings. The van der Waals surface area contributed by atoms with Gasteiger partial charge in [-0.05, 0) is 47.6 Å². The first-order chi connectivity index (χ1) is 19.8. The average Bonchev–Trinajstić information content (AvgIpc) is 3.28. The summed E-state index contributed by atoms with van der Waals surface area (Å²) in [6.45, 7) is 1.82. The van der Waals surface area contributed by atoms with Crippen molar-refractivity contribution in [3.63, 3.8) is 0 Å². The largest absolute Gasteiger partial charge is 0.481 e. The van der Waals surface area contributed by atoms with Gasteiger partial charge in [-0.25, -0.2) is 4.79 Å². The fourth-order valence-corrected chi connectivity index (χ4v) is 4.93. The van der Waals surface area contributed by atoms with Crippen LogP contribution in [-0.2, 0) is 30.5 Å². The maximum absolute atomic E-state index is 13.1. The number of hydrogen-bond donors (Lipinski definition) is 3. The Morgan fingerprint density at radius 1 is 0.829 bits per heavy atom. The number of rotatable bonds is 13. The molecule has 0 saturated carbocycles. The van der Waals surface area contributed by atoms with Crippen molar-refractivity contribution in [1.82, 2.24) is 10.6 Å². The molecule has 1 aliphatic carbocycles. The first kappa shape index (κ1) is 29.3. The highest BCUT2D eigenvalue weighted by molar-refractivity contribution is 5.89. The van der Waals surface area contributed by atoms with E-state index in [4.69, 9.17) is 14.6 Å². The van der Waals surface area contributed by atoms with Gasteiger partial charge in [0.2, 0.25) is 5.91 Å². The summed E-state index contributed by atoms with van der Waals surface area (Å²) in [5, 5.41) is 14.1. The number of carboxylic acid groups (broad SMARTS) is 1. The van der Waals surface area contributed by atoms with Crippen LogP contribution in [0.1, 0.15) is 55.2 Å². The van der Waals surface area contributed by atoms with Crippen LogP contribution < -0.4 is 10.6 Å². The number of ether oxygens (including phenoxy) is 2. The lowest BCUT2D eigenvalue weighted by molar-refractivity contribution is -0.147. The minimum atomic E-state index is -1.24. The number of benzene rings is 3. The number of hydrogen-bond acceptors (Lipinski definition) is 6. The molecular weight excluding hydrogens is 524 g/mol. The van der Waals surface area contributed by atoms with Crippen molar-refractivity contribution < 1.29 is 33.8 Å². The van der Waals surface area contributed by atoms with Crippen LogP contribution in [0.25, 0.3) is 11.1 Å². The lowest BCUT2D eigenvalue weighted by Crippen LogP contribution is -2.50. The SMILES string of the molecule is CC(CCCC(=O)O)NC(=O)[C@H](CC(=O)OCc1ccccc1)NC(=O)OCC1c2ccccc2-c2ccccc21. The van der Waals surface area contributed by atoms with E-state index in [1.165, 1.54) is 0 Å². The number of nitrogens with one attached hydrogen (secondary N) is 2. The summed E-state index contributed by atoms with van der Waals surface area (Å²) in [5.41, 5.74) is 5.07. The van der Waals surface area contributed by atoms with E-state index in [2.05, 4.69) is 10.6 Å². The molecule has 3 aromatic carbocycles. The molecule has 0 spiro atoms. The van der Waals surface area contributed by atoms with Crippen LogP contribution in [0.3, 0.4) is 0 Å². The zero-order chi connectivity index (χ0) is 29.2. The van der Waals surface area contributed by atoms with Crippen molar-refractivity contribution in [2.24, 2.45) is 0 Å². The maximum atomic E-state index is 13.1. The molecule has 3 N–H and O–H groups in total. The molecule has 3 aromatic rings. The third-order valence-electron chi connectivity index (χ3n) is 6.98. The minimum Gasteiger partial charge on any atom is -0.481 e. The second-order valence-corrected chi connectivity index (χ2v) is 10.1. The molecule has 9 nitrogen and oxygen atoms in total. The highest BCUT2D eigenvalue weighted by Crippen LogP contribution is 2.44. The van der Waals surface area contributed by atoms with Gasteiger partial charge in [-0.15, -0.1) is 0 Å². The lowest BCUT2D eigenvalue weighted by Gasteiger charge is -2.21. The Bertz CT molecular complexity index is 1330. The summed E-state index contributed by atoms with van der Waals surface area (Å²) < 4.78 is 10.9. The van der Waals surface area contributed by atoms with Crippen molar-refractivity contribution in [1.29, 1.82) is 0 Å². The van der Waals surface area contributed by atoms with Crippen LogP contribution in [0.5, 0.6) is 0 Å². The molecule has 2 amide bonds. The third-order valence-corrected chi connectivity index (χ3v) is 6.98. The van der Waals surface area contributed by atoms with Gasteiger partial charge in [0, 0.05) is 18.4 Å². The Morgan fingerprint density at radius 2 is 1.44 bits per heavy atom. The van der Waals surface area contributed by atoms with Gasteiger partial charge in [-0.2, -0.15) is 0 Å². The normalized spacial score (nSPS) is 13.3. The second kappa shape index (κ2) is 14.1. The van der Waals surface area contributed by atoms with Gasteiger partial charge in [0.05, 0.1) is 6.42 Å². The predicted octanol–water partition coefficient (Wildman–Crippen LogP) is 4.79. The number of carbonyl (C=O) groups excluding carboxylic acids is 3. The molecule has 0 heterocycles. The van der Waals surface area contributed by atoms with Gasteiger partial charge in [0.1, 0.15) is 19.3 Å². The summed E-state index contributed by atoms with van der Waals surface area (Å²) in [7, 11) is 0. The molecule has 0 saturated heterocycles. The number of amides is 2. The van der Waals surface area contributed by atoms with Crippen molar-refractivity contribution in [2.75, 3.05) is 6.61 Å². The van der Waals surface area contributed by atoms with Crippen LogP contribution in [-0.4, -0.2) is 47.7 Å². The first-order valence-corrected chi connectivity index (χ1v) is 13.6. The smallest absolute Gasteiger partial charge is 0.407 e. The van der Waals surface area contributed by atoms with E-state index in [0.29, 0.717) is 12.8 Å². The highest BCUT2D eigenvalue weighted by atomic mass is 16.5. The van der Waals surface area contributed by atoms with E-state index in [1.807, 2.05) is 78.9 Å². The van der Waals surface area contributed by atoms with Gasteiger partial charge in [-0.3, -0.25) is 14.4 Å². The maximum Gasteiger partial charge on any atom is 0.407 e. The zero-order valence-corrected chi connectivity index (χ0v) is 22.9. The standard InChI is InChI=1S/C32H34N2O7/c1-21(10-9-17-29(35)36)33-31(38)28(18-30(37)40-19-22-11-3-2-4-12-22)34-32(39)41-20-27-25-15-7-5-13-23(25)24-14-6-8-16-26(24)27/h2-8,11-16,21,27-28H,9-10,17-20H2,1H3,(H,33,38)(H,34,39)(H,35,36)/t21?,28-/m0/s1. The third kappa shape index (κ3) is 8.17. The number of aliphatic carboxylic acids is 1. The number of fused-ring (bicyclic) bond motifs is 3. The van der Waals surface area contributed by atoms with Gasteiger partial charge in [0.15, 0.2) is 0 Å². The molecule has 0 bridgehead atoms. The van der Waals surface area contributed by atoms with E-state index in [0.717, 1.165) is 27.8 Å². The first-order valence-electron chi connectivity index (χ1n) is 13.6. The summed E-state index contributed by atoms with van der Waals surface area (Å²) in [4.78, 5) is 49.4. The van der Waals surface area contributed by atoms with Gasteiger partial charge in [0.25, 0.3) is 0 Å². The zero-order valence-electron chi connectivity index (χ0n) is 22.9. The summed E-state index contributed by atoms with van der Waals surface area (Å²) in [6, 6.07) is 23.4. The van der Waals surface area contributed by atoms with E-state index in [-0.39, 0.29) is 31.6 Å². The van der Waals surface area contributed by atoms with Crippen LogP contribution in [0, 0.1) is 0 Å². The summed E-state index contributed by atoms with van der Waals surface area (Å²) in [5.74, 6) is -2.32. The summed E-state index contributed by atoms with van der Waals surface area (Å²) >= 11 is 0. The Kier molecular flexibility index (Phi) is 10.1. The molecule has 0 aromatic heterocycles. The van der Waals surface area contributed by atoms with Crippen LogP contribution in [0.4, 0.5) is 4.79 Å². The fourth-order valence-electron chi connectivity index (χ4n) is 4.93. The number of esters is 1. The molecule has 2 atom stereocenters. The second-order valence-electron chi connectivity index (χ2n) is 10.1. The molecule has 0 radical (unpaired) electrons. The lowest BCUT2D eigenvalue weighted by atomic mass is 9.98. The molecule has 0 fully saturated rings. The van der Waals surface area contributed by atoms with Gasteiger partial charge < -0.3 is 25.2 Å². The van der Waals surface area contributed by atoms with Crippen LogP contribution in [0.15, 0.2) is 78.9 Å². The molecule has 1 unspecified atom stereocenters. The highest BCUT2D eigenvalue weighted by Gasteiger charge is 2.31. The Balaban J connectivity index is 1.38. The van der Waals surface area contributed by atoms with Gasteiger partial charge >= 0.3 is 18.0 Å². The van der Waals surface area contributed by atoms with Crippen molar-refractivity contribution >= 4 is 23.9 Å². The molecule has 0 aliphatic heterocycles. The van der Waals surface area contributed by atoms with E-state index >= 15 is 0 Å².